The number of hydrogen-bond donors (Lipinski definition) is 0. The van der Waals surface area contributed by atoms with Crippen LogP contribution in [-0.2, 0) is 16.0 Å². The fourth-order valence-electron chi connectivity index (χ4n) is 3.06. The molecule has 0 atom stereocenters. The maximum Gasteiger partial charge on any atom is 0.168 e. The Morgan fingerprint density at radius 3 is 2.24 bits per heavy atom. The first-order valence-electron chi connectivity index (χ1n) is 7.79. The molecule has 1 fully saturated rings. The molecule has 0 radical (unpaired) electrons. The van der Waals surface area contributed by atoms with Gasteiger partial charge < -0.3 is 4.74 Å². The molecular formula is C18H25BrO2. The lowest BCUT2D eigenvalue weighted by atomic mass is 9.69. The second-order valence-corrected chi connectivity index (χ2v) is 7.73. The number of ketones is 1. The lowest BCUT2D eigenvalue weighted by Crippen LogP contribution is -2.47. The van der Waals surface area contributed by atoms with Crippen molar-refractivity contribution < 1.29 is 9.53 Å². The van der Waals surface area contributed by atoms with E-state index in [0.717, 1.165) is 35.7 Å². The van der Waals surface area contributed by atoms with Crippen LogP contribution in [0.5, 0.6) is 0 Å². The maximum atomic E-state index is 12.8. The Kier molecular flexibility index (Phi) is 5.26. The Morgan fingerprint density at radius 1 is 1.14 bits per heavy atom. The van der Waals surface area contributed by atoms with E-state index in [2.05, 4.69) is 29.8 Å². The van der Waals surface area contributed by atoms with E-state index >= 15 is 0 Å². The van der Waals surface area contributed by atoms with Crippen molar-refractivity contribution >= 4 is 21.7 Å². The molecule has 1 aromatic carbocycles. The maximum absolute atomic E-state index is 12.8. The predicted octanol–water partition coefficient (Wildman–Crippen LogP) is 4.94. The number of halogens is 1. The van der Waals surface area contributed by atoms with Gasteiger partial charge in [0.1, 0.15) is 5.60 Å². The Balaban J connectivity index is 2.11. The molecule has 0 aromatic heterocycles. The average Bonchev–Trinajstić information content (AvgIpc) is 2.44. The molecule has 0 unspecified atom stereocenters. The van der Waals surface area contributed by atoms with Crippen LogP contribution >= 0.6 is 15.9 Å². The standard InChI is InChI=1S/C18H25BrO2/c1-4-21-18(11-9-17(2,3)10-12-18)16(20)13-14-5-7-15(19)8-6-14/h5-8H,4,9-13H2,1-3H3. The van der Waals surface area contributed by atoms with Gasteiger partial charge in [-0.15, -0.1) is 0 Å². The molecule has 0 bridgehead atoms. The molecule has 0 spiro atoms. The third-order valence-corrected chi connectivity index (χ3v) is 5.15. The van der Waals surface area contributed by atoms with Gasteiger partial charge >= 0.3 is 0 Å². The highest BCUT2D eigenvalue weighted by Crippen LogP contribution is 2.42. The minimum atomic E-state index is -0.558. The number of rotatable bonds is 5. The van der Waals surface area contributed by atoms with E-state index < -0.39 is 5.60 Å². The highest BCUT2D eigenvalue weighted by Gasteiger charge is 2.44. The summed E-state index contributed by atoms with van der Waals surface area (Å²) in [5.41, 5.74) is 0.836. The summed E-state index contributed by atoms with van der Waals surface area (Å²) in [5.74, 6) is 0.238. The van der Waals surface area contributed by atoms with Crippen molar-refractivity contribution in [2.24, 2.45) is 5.41 Å². The minimum absolute atomic E-state index is 0.238. The lowest BCUT2D eigenvalue weighted by Gasteiger charge is -2.42. The van der Waals surface area contributed by atoms with Gasteiger partial charge in [-0.2, -0.15) is 0 Å². The first kappa shape index (κ1) is 16.7. The van der Waals surface area contributed by atoms with Gasteiger partial charge in [0.2, 0.25) is 0 Å². The molecule has 0 aliphatic heterocycles. The monoisotopic (exact) mass is 352 g/mol. The zero-order valence-corrected chi connectivity index (χ0v) is 14.8. The lowest BCUT2D eigenvalue weighted by molar-refractivity contribution is -0.151. The van der Waals surface area contributed by atoms with Gasteiger partial charge in [-0.05, 0) is 55.7 Å². The molecule has 0 heterocycles. The van der Waals surface area contributed by atoms with E-state index in [1.165, 1.54) is 0 Å². The number of ether oxygens (including phenoxy) is 1. The van der Waals surface area contributed by atoms with Gasteiger partial charge in [-0.1, -0.05) is 41.9 Å². The van der Waals surface area contributed by atoms with E-state index in [4.69, 9.17) is 4.74 Å². The summed E-state index contributed by atoms with van der Waals surface area (Å²) in [7, 11) is 0. The zero-order valence-electron chi connectivity index (χ0n) is 13.2. The summed E-state index contributed by atoms with van der Waals surface area (Å²) < 4.78 is 7.00. The average molecular weight is 353 g/mol. The van der Waals surface area contributed by atoms with Crippen LogP contribution in [0.15, 0.2) is 28.7 Å². The molecule has 2 rings (SSSR count). The number of benzene rings is 1. The Bertz CT molecular complexity index is 480. The third kappa shape index (κ3) is 4.17. The largest absolute Gasteiger partial charge is 0.367 e. The Morgan fingerprint density at radius 2 is 1.71 bits per heavy atom. The molecule has 3 heteroatoms. The van der Waals surface area contributed by atoms with Gasteiger partial charge in [-0.25, -0.2) is 0 Å². The van der Waals surface area contributed by atoms with Crippen molar-refractivity contribution in [1.29, 1.82) is 0 Å². The van der Waals surface area contributed by atoms with Crippen molar-refractivity contribution in [2.45, 2.75) is 58.5 Å². The van der Waals surface area contributed by atoms with Crippen LogP contribution in [0, 0.1) is 5.41 Å². The van der Waals surface area contributed by atoms with Crippen LogP contribution in [0.25, 0.3) is 0 Å². The molecule has 1 saturated carbocycles. The smallest absolute Gasteiger partial charge is 0.168 e. The molecule has 0 N–H and O–H groups in total. The van der Waals surface area contributed by atoms with Gasteiger partial charge in [0, 0.05) is 17.5 Å². The van der Waals surface area contributed by atoms with Crippen molar-refractivity contribution in [2.75, 3.05) is 6.61 Å². The fraction of sp³-hybridized carbons (Fsp3) is 0.611. The number of hydrogen-bond acceptors (Lipinski definition) is 2. The third-order valence-electron chi connectivity index (χ3n) is 4.62. The summed E-state index contributed by atoms with van der Waals surface area (Å²) in [4.78, 5) is 12.8. The van der Waals surface area contributed by atoms with E-state index in [1.54, 1.807) is 0 Å². The predicted molar refractivity (Wildman–Crippen MR) is 89.5 cm³/mol. The van der Waals surface area contributed by atoms with E-state index in [-0.39, 0.29) is 5.78 Å². The zero-order chi connectivity index (χ0) is 15.5. The van der Waals surface area contributed by atoms with Crippen LogP contribution in [0.1, 0.15) is 52.0 Å². The normalized spacial score (nSPS) is 20.2. The van der Waals surface area contributed by atoms with Crippen LogP contribution in [-0.4, -0.2) is 18.0 Å². The van der Waals surface area contributed by atoms with Crippen LogP contribution in [0.2, 0.25) is 0 Å². The molecule has 116 valence electrons. The number of Topliss-reactive ketones (excluding diaryl/α,β-unsaturated/α-hetero) is 1. The summed E-state index contributed by atoms with van der Waals surface area (Å²) in [6.07, 6.45) is 4.28. The van der Waals surface area contributed by atoms with Crippen molar-refractivity contribution in [3.05, 3.63) is 34.3 Å². The highest BCUT2D eigenvalue weighted by molar-refractivity contribution is 9.10. The number of carbonyl (C=O) groups is 1. The van der Waals surface area contributed by atoms with Gasteiger partial charge in [-0.3, -0.25) is 4.79 Å². The van der Waals surface area contributed by atoms with Crippen LogP contribution < -0.4 is 0 Å². The van der Waals surface area contributed by atoms with Gasteiger partial charge in [0.15, 0.2) is 5.78 Å². The van der Waals surface area contributed by atoms with Crippen LogP contribution in [0.4, 0.5) is 0 Å². The number of carbonyl (C=O) groups excluding carboxylic acids is 1. The van der Waals surface area contributed by atoms with Crippen molar-refractivity contribution in [3.63, 3.8) is 0 Å². The molecule has 0 amide bonds. The van der Waals surface area contributed by atoms with E-state index in [1.807, 2.05) is 31.2 Å². The minimum Gasteiger partial charge on any atom is -0.367 e. The SMILES string of the molecule is CCOC1(C(=O)Cc2ccc(Br)cc2)CCC(C)(C)CC1. The molecule has 1 aliphatic carbocycles. The first-order valence-corrected chi connectivity index (χ1v) is 8.58. The summed E-state index contributed by atoms with van der Waals surface area (Å²) in [5, 5.41) is 0. The first-order chi connectivity index (χ1) is 9.87. The highest BCUT2D eigenvalue weighted by atomic mass is 79.9. The topological polar surface area (TPSA) is 26.3 Å². The fourth-order valence-corrected chi connectivity index (χ4v) is 3.32. The molecular weight excluding hydrogens is 328 g/mol. The Hall–Kier alpha value is -0.670. The van der Waals surface area contributed by atoms with Crippen molar-refractivity contribution in [3.8, 4) is 0 Å². The molecule has 1 aromatic rings. The molecule has 2 nitrogen and oxygen atoms in total. The van der Waals surface area contributed by atoms with Crippen molar-refractivity contribution in [1.82, 2.24) is 0 Å². The van der Waals surface area contributed by atoms with E-state index in [9.17, 15) is 4.79 Å². The summed E-state index contributed by atoms with van der Waals surface area (Å²) in [6, 6.07) is 7.99. The second-order valence-electron chi connectivity index (χ2n) is 6.82. The summed E-state index contributed by atoms with van der Waals surface area (Å²) in [6.45, 7) is 7.14. The molecule has 1 aliphatic rings. The Labute approximate surface area is 136 Å². The second kappa shape index (κ2) is 6.62. The quantitative estimate of drug-likeness (QED) is 0.750. The summed E-state index contributed by atoms with van der Waals surface area (Å²) >= 11 is 3.43. The van der Waals surface area contributed by atoms with Gasteiger partial charge in [0.25, 0.3) is 0 Å². The van der Waals surface area contributed by atoms with Crippen LogP contribution in [0.3, 0.4) is 0 Å². The van der Waals surface area contributed by atoms with Gasteiger partial charge in [0.05, 0.1) is 0 Å². The molecule has 21 heavy (non-hydrogen) atoms. The van der Waals surface area contributed by atoms with E-state index in [0.29, 0.717) is 18.4 Å². The molecule has 0 saturated heterocycles.